The molecule has 0 fully saturated rings. The molecule has 0 aliphatic carbocycles. The van der Waals surface area contributed by atoms with Gasteiger partial charge in [0, 0.05) is 12.1 Å². The number of aromatic amines is 1. The second kappa shape index (κ2) is 8.84. The number of nitro groups is 2. The maximum Gasteiger partial charge on any atom is 0.388 e. The standard InChI is InChI=1S/C6H3ClF2N2O3.C5H3ClN2O3/c7-4-1-3(11(12)13)2-10-5(4)14-6(8)9;6-4-1-3(8(10)11)2-7-5(4)9/h1-2,6H;1-2H,(H,7,9). The summed E-state index contributed by atoms with van der Waals surface area (Å²) < 4.78 is 27.3. The zero-order valence-electron chi connectivity index (χ0n) is 11.7. The normalized spacial score (nSPS) is 9.96. The fourth-order valence-electron chi connectivity index (χ4n) is 1.24. The number of halogens is 4. The molecule has 0 aromatic carbocycles. The van der Waals surface area contributed by atoms with E-state index in [1.54, 1.807) is 0 Å². The van der Waals surface area contributed by atoms with Crippen molar-refractivity contribution in [2.75, 3.05) is 0 Å². The lowest BCUT2D eigenvalue weighted by Gasteiger charge is -2.03. The summed E-state index contributed by atoms with van der Waals surface area (Å²) in [5.74, 6) is -0.535. The first kappa shape index (κ1) is 20.2. The smallest absolute Gasteiger partial charge is 0.388 e. The van der Waals surface area contributed by atoms with Crippen LogP contribution in [0.1, 0.15) is 0 Å². The lowest BCUT2D eigenvalue weighted by atomic mass is 10.4. The number of hydrogen-bond acceptors (Lipinski definition) is 7. The molecule has 2 rings (SSSR count). The Morgan fingerprint density at radius 3 is 2.12 bits per heavy atom. The van der Waals surface area contributed by atoms with Crippen LogP contribution in [0, 0.1) is 20.2 Å². The molecule has 2 aromatic rings. The van der Waals surface area contributed by atoms with Crippen molar-refractivity contribution in [2.24, 2.45) is 0 Å². The number of pyridine rings is 2. The van der Waals surface area contributed by atoms with Gasteiger partial charge in [0.15, 0.2) is 0 Å². The summed E-state index contributed by atoms with van der Waals surface area (Å²) in [6, 6.07) is 1.88. The Hall–Kier alpha value is -2.86. The third-order valence-corrected chi connectivity index (χ3v) is 2.81. The van der Waals surface area contributed by atoms with Crippen LogP contribution in [0.15, 0.2) is 29.3 Å². The van der Waals surface area contributed by atoms with Gasteiger partial charge >= 0.3 is 6.61 Å². The Kier molecular flexibility index (Phi) is 7.14. The third kappa shape index (κ3) is 6.27. The molecule has 25 heavy (non-hydrogen) atoms. The Balaban J connectivity index is 0.000000257. The molecule has 0 spiro atoms. The van der Waals surface area contributed by atoms with Gasteiger partial charge in [0.05, 0.1) is 16.0 Å². The summed E-state index contributed by atoms with van der Waals surface area (Å²) in [5, 5.41) is 19.8. The first-order chi connectivity index (χ1) is 11.6. The molecule has 0 aliphatic rings. The van der Waals surface area contributed by atoms with Crippen molar-refractivity contribution < 1.29 is 23.4 Å². The number of rotatable bonds is 4. The molecule has 14 heteroatoms. The zero-order valence-corrected chi connectivity index (χ0v) is 13.2. The molecule has 0 unspecified atom stereocenters. The summed E-state index contributed by atoms with van der Waals surface area (Å²) in [6.45, 7) is -3.07. The van der Waals surface area contributed by atoms with Gasteiger partial charge in [-0.25, -0.2) is 4.98 Å². The van der Waals surface area contributed by atoms with Crippen molar-refractivity contribution in [1.29, 1.82) is 0 Å². The number of ether oxygens (including phenoxy) is 1. The number of alkyl halides is 2. The molecule has 2 heterocycles. The second-order valence-electron chi connectivity index (χ2n) is 3.91. The fourth-order valence-corrected chi connectivity index (χ4v) is 1.61. The van der Waals surface area contributed by atoms with Gasteiger partial charge in [-0.2, -0.15) is 8.78 Å². The van der Waals surface area contributed by atoms with Gasteiger partial charge in [0.25, 0.3) is 16.9 Å². The highest BCUT2D eigenvalue weighted by atomic mass is 35.5. The topological polar surface area (TPSA) is 141 Å². The highest BCUT2D eigenvalue weighted by molar-refractivity contribution is 6.32. The summed E-state index contributed by atoms with van der Waals surface area (Å²) in [7, 11) is 0. The third-order valence-electron chi connectivity index (χ3n) is 2.26. The SMILES string of the molecule is O=[N+]([O-])c1cnc(OC(F)F)c(Cl)c1.O=c1[nH]cc([N+](=O)[O-])cc1Cl. The van der Waals surface area contributed by atoms with Crippen LogP contribution in [0.2, 0.25) is 10.0 Å². The Morgan fingerprint density at radius 2 is 1.68 bits per heavy atom. The number of nitrogens with one attached hydrogen (secondary N) is 1. The van der Waals surface area contributed by atoms with Gasteiger partial charge in [0.1, 0.15) is 16.2 Å². The predicted molar refractivity (Wildman–Crippen MR) is 81.3 cm³/mol. The van der Waals surface area contributed by atoms with Gasteiger partial charge in [-0.15, -0.1) is 0 Å². The van der Waals surface area contributed by atoms with Gasteiger partial charge in [-0.05, 0) is 0 Å². The van der Waals surface area contributed by atoms with Crippen molar-refractivity contribution in [3.8, 4) is 5.88 Å². The maximum atomic E-state index is 11.7. The van der Waals surface area contributed by atoms with Gasteiger partial charge in [0.2, 0.25) is 5.88 Å². The minimum absolute atomic E-state index is 0.181. The minimum atomic E-state index is -3.07. The fraction of sp³-hybridized carbons (Fsp3) is 0.0909. The van der Waals surface area contributed by atoms with Crippen LogP contribution in [0.4, 0.5) is 20.2 Å². The quantitative estimate of drug-likeness (QED) is 0.615. The molecular weight excluding hydrogens is 393 g/mol. The van der Waals surface area contributed by atoms with Crippen molar-refractivity contribution in [1.82, 2.24) is 9.97 Å². The Morgan fingerprint density at radius 1 is 1.12 bits per heavy atom. The van der Waals surface area contributed by atoms with Crippen molar-refractivity contribution in [3.05, 3.63) is 65.2 Å². The maximum absolute atomic E-state index is 11.7. The first-order valence-corrected chi connectivity index (χ1v) is 6.64. The Bertz CT molecular complexity index is 848. The monoisotopic (exact) mass is 398 g/mol. The van der Waals surface area contributed by atoms with Gasteiger partial charge in [-0.3, -0.25) is 25.0 Å². The van der Waals surface area contributed by atoms with Crippen LogP contribution in [0.5, 0.6) is 5.88 Å². The number of nitrogens with zero attached hydrogens (tertiary/aromatic N) is 3. The van der Waals surface area contributed by atoms with Crippen LogP contribution < -0.4 is 10.3 Å². The van der Waals surface area contributed by atoms with Crippen LogP contribution in [-0.2, 0) is 0 Å². The number of hydrogen-bond donors (Lipinski definition) is 1. The lowest BCUT2D eigenvalue weighted by Crippen LogP contribution is -2.05. The largest absolute Gasteiger partial charge is 0.415 e. The number of aromatic nitrogens is 2. The van der Waals surface area contributed by atoms with E-state index in [4.69, 9.17) is 23.2 Å². The molecule has 0 radical (unpaired) electrons. The first-order valence-electron chi connectivity index (χ1n) is 5.89. The van der Waals surface area contributed by atoms with Crippen LogP contribution in [0.25, 0.3) is 0 Å². The molecule has 10 nitrogen and oxygen atoms in total. The lowest BCUT2D eigenvalue weighted by molar-refractivity contribution is -0.385. The van der Waals surface area contributed by atoms with E-state index in [-0.39, 0.29) is 15.7 Å². The van der Waals surface area contributed by atoms with E-state index in [1.165, 1.54) is 0 Å². The van der Waals surface area contributed by atoms with E-state index in [0.29, 0.717) is 0 Å². The van der Waals surface area contributed by atoms with E-state index in [1.807, 2.05) is 0 Å². The average molecular weight is 399 g/mol. The average Bonchev–Trinajstić information content (AvgIpc) is 2.52. The van der Waals surface area contributed by atoms with E-state index >= 15 is 0 Å². The van der Waals surface area contributed by atoms with Gasteiger partial charge < -0.3 is 9.72 Å². The van der Waals surface area contributed by atoms with E-state index < -0.39 is 33.6 Å². The highest BCUT2D eigenvalue weighted by Crippen LogP contribution is 2.26. The molecule has 0 bridgehead atoms. The molecule has 1 N–H and O–H groups in total. The second-order valence-corrected chi connectivity index (χ2v) is 4.72. The molecule has 0 atom stereocenters. The van der Waals surface area contributed by atoms with Gasteiger partial charge in [-0.1, -0.05) is 23.2 Å². The van der Waals surface area contributed by atoms with Crippen molar-refractivity contribution in [2.45, 2.75) is 6.61 Å². The molecule has 0 aliphatic heterocycles. The molecule has 0 amide bonds. The summed E-state index contributed by atoms with van der Waals surface area (Å²) >= 11 is 10.7. The van der Waals surface area contributed by atoms with E-state index in [0.717, 1.165) is 24.5 Å². The van der Waals surface area contributed by atoms with Crippen LogP contribution in [0.3, 0.4) is 0 Å². The minimum Gasteiger partial charge on any atom is -0.415 e. The molecule has 2 aromatic heterocycles. The highest BCUT2D eigenvalue weighted by Gasteiger charge is 2.14. The summed E-state index contributed by atoms with van der Waals surface area (Å²) in [6.07, 6.45) is 1.78. The molecule has 0 saturated carbocycles. The zero-order chi connectivity index (χ0) is 19.1. The Labute approximate surface area is 146 Å². The van der Waals surface area contributed by atoms with Crippen molar-refractivity contribution >= 4 is 34.6 Å². The molecule has 0 saturated heterocycles. The number of H-pyrrole nitrogens is 1. The van der Waals surface area contributed by atoms with E-state index in [9.17, 15) is 33.8 Å². The molecular formula is C11H6Cl2F2N4O6. The predicted octanol–water partition coefficient (Wildman–Crippen LogP) is 3.18. The summed E-state index contributed by atoms with van der Waals surface area (Å²) in [5.41, 5.74) is -1.15. The van der Waals surface area contributed by atoms with E-state index in [2.05, 4.69) is 14.7 Å². The van der Waals surface area contributed by atoms with Crippen LogP contribution in [-0.4, -0.2) is 26.4 Å². The van der Waals surface area contributed by atoms with Crippen LogP contribution >= 0.6 is 23.2 Å². The molecule has 134 valence electrons. The summed E-state index contributed by atoms with van der Waals surface area (Å²) in [4.78, 5) is 34.9. The van der Waals surface area contributed by atoms with Crippen molar-refractivity contribution in [3.63, 3.8) is 0 Å².